The van der Waals surface area contributed by atoms with Crippen molar-refractivity contribution in [1.82, 2.24) is 0 Å². The molecule has 1 amide bonds. The molecule has 3 aliphatic rings. The fraction of sp³-hybridized carbons (Fsp3) is 0.130. The molecule has 0 bridgehead atoms. The molecule has 1 saturated heterocycles. The van der Waals surface area contributed by atoms with Crippen molar-refractivity contribution in [1.29, 1.82) is 0 Å². The lowest BCUT2D eigenvalue weighted by Crippen LogP contribution is -2.47. The first-order valence-corrected chi connectivity index (χ1v) is 11.4. The number of nitro groups is 1. The van der Waals surface area contributed by atoms with Crippen molar-refractivity contribution in [2.24, 2.45) is 5.16 Å². The number of rotatable bonds is 3. The zero-order valence-electron chi connectivity index (χ0n) is 16.8. The van der Waals surface area contributed by atoms with Gasteiger partial charge in [0.1, 0.15) is 10.9 Å². The first-order valence-electron chi connectivity index (χ1n) is 10.1. The lowest BCUT2D eigenvalue weighted by atomic mass is 10.0. The van der Waals surface area contributed by atoms with E-state index in [0.29, 0.717) is 16.5 Å². The first-order chi connectivity index (χ1) is 16.0. The van der Waals surface area contributed by atoms with Crippen LogP contribution in [-0.4, -0.2) is 21.9 Å². The molecule has 0 saturated carbocycles. The number of fused-ring (bicyclic) bond motifs is 3. The minimum Gasteiger partial charge on any atom is -0.384 e. The number of amidine groups is 1. The maximum atomic E-state index is 13.6. The number of nitrogens with one attached hydrogen (secondary N) is 1. The van der Waals surface area contributed by atoms with Crippen molar-refractivity contribution >= 4 is 52.2 Å². The molecular weight excluding hydrogens is 464 g/mol. The fourth-order valence-corrected chi connectivity index (χ4v) is 6.42. The summed E-state index contributed by atoms with van der Waals surface area (Å²) in [5.41, 5.74) is 2.41. The predicted molar refractivity (Wildman–Crippen MR) is 126 cm³/mol. The Bertz CT molecular complexity index is 1350. The third-order valence-corrected chi connectivity index (χ3v) is 7.89. The molecular formula is C23H15ClN4O4S. The Morgan fingerprint density at radius 2 is 1.82 bits per heavy atom. The summed E-state index contributed by atoms with van der Waals surface area (Å²) in [5.74, 6) is 0.180. The minimum absolute atomic E-state index is 0.118. The number of anilines is 2. The van der Waals surface area contributed by atoms with Gasteiger partial charge in [-0.15, -0.1) is 11.8 Å². The highest BCUT2D eigenvalue weighted by Gasteiger charge is 2.65. The van der Waals surface area contributed by atoms with Crippen molar-refractivity contribution in [3.8, 4) is 0 Å². The molecule has 1 spiro atoms. The number of para-hydroxylation sites is 3. The van der Waals surface area contributed by atoms with E-state index >= 15 is 0 Å². The standard InChI is InChI=1S/C23H15ClN4O4S/c24-14-11-9-13(10-12-14)19-20-21(26-32-19)27(17-7-3-4-8-18(17)28(30)31)23(33-20)15-5-1-2-6-16(15)25-22(23)29/h1-12,19-20H,(H,25,29). The largest absolute Gasteiger partial charge is 0.384 e. The van der Waals surface area contributed by atoms with Gasteiger partial charge in [-0.1, -0.05) is 59.2 Å². The van der Waals surface area contributed by atoms with E-state index in [0.717, 1.165) is 11.1 Å². The van der Waals surface area contributed by atoms with Crippen molar-refractivity contribution < 1.29 is 14.6 Å². The van der Waals surface area contributed by atoms with Gasteiger partial charge in [0, 0.05) is 22.3 Å². The summed E-state index contributed by atoms with van der Waals surface area (Å²) >= 11 is 7.43. The molecule has 3 aliphatic heterocycles. The molecule has 8 nitrogen and oxygen atoms in total. The van der Waals surface area contributed by atoms with Crippen molar-refractivity contribution in [3.05, 3.63) is 99.1 Å². The second-order valence-electron chi connectivity index (χ2n) is 7.79. The second kappa shape index (κ2) is 7.23. The number of halogens is 1. The van der Waals surface area contributed by atoms with Crippen LogP contribution in [0.25, 0.3) is 0 Å². The molecule has 0 aromatic heterocycles. The summed E-state index contributed by atoms with van der Waals surface area (Å²) < 4.78 is 0. The third kappa shape index (κ3) is 2.79. The van der Waals surface area contributed by atoms with Gasteiger partial charge in [0.2, 0.25) is 4.87 Å². The van der Waals surface area contributed by atoms with Crippen LogP contribution in [0.3, 0.4) is 0 Å². The zero-order chi connectivity index (χ0) is 22.7. The maximum absolute atomic E-state index is 13.6. The number of nitrogens with zero attached hydrogens (tertiary/aromatic N) is 3. The highest BCUT2D eigenvalue weighted by molar-refractivity contribution is 8.03. The number of hydrogen-bond donors (Lipinski definition) is 1. The normalized spacial score (nSPS) is 24.8. The molecule has 6 rings (SSSR count). The smallest absolute Gasteiger partial charge is 0.292 e. The van der Waals surface area contributed by atoms with E-state index in [-0.39, 0.29) is 22.5 Å². The van der Waals surface area contributed by atoms with E-state index in [1.807, 2.05) is 36.4 Å². The number of amides is 1. The second-order valence-corrected chi connectivity index (χ2v) is 9.56. The molecule has 0 aliphatic carbocycles. The van der Waals surface area contributed by atoms with Gasteiger partial charge in [-0.3, -0.25) is 19.8 Å². The van der Waals surface area contributed by atoms with E-state index in [1.54, 1.807) is 35.2 Å². The molecule has 3 aromatic rings. The summed E-state index contributed by atoms with van der Waals surface area (Å²) in [5, 5.41) is 19.4. The number of nitro benzene ring substituents is 1. The Hall–Kier alpha value is -3.56. The Morgan fingerprint density at radius 1 is 1.09 bits per heavy atom. The Balaban J connectivity index is 1.56. The van der Waals surface area contributed by atoms with Gasteiger partial charge in [0.15, 0.2) is 11.9 Å². The fourth-order valence-electron chi connectivity index (χ4n) is 4.58. The molecule has 10 heteroatoms. The lowest BCUT2D eigenvalue weighted by Gasteiger charge is -2.33. The van der Waals surface area contributed by atoms with Gasteiger partial charge in [-0.05, 0) is 29.8 Å². The predicted octanol–water partition coefficient (Wildman–Crippen LogP) is 5.06. The van der Waals surface area contributed by atoms with Crippen LogP contribution in [0.15, 0.2) is 78.0 Å². The maximum Gasteiger partial charge on any atom is 0.292 e. The molecule has 1 N–H and O–H groups in total. The average molecular weight is 479 g/mol. The van der Waals surface area contributed by atoms with Gasteiger partial charge < -0.3 is 10.2 Å². The quantitative estimate of drug-likeness (QED) is 0.417. The van der Waals surface area contributed by atoms with E-state index in [4.69, 9.17) is 16.4 Å². The van der Waals surface area contributed by atoms with Crippen LogP contribution in [0.2, 0.25) is 5.02 Å². The molecule has 1 fully saturated rings. The molecule has 3 atom stereocenters. The molecule has 3 aromatic carbocycles. The van der Waals surface area contributed by atoms with E-state index in [2.05, 4.69) is 10.5 Å². The monoisotopic (exact) mass is 478 g/mol. The summed E-state index contributed by atoms with van der Waals surface area (Å²) in [7, 11) is 0. The summed E-state index contributed by atoms with van der Waals surface area (Å²) in [6.45, 7) is 0. The number of hydrogen-bond acceptors (Lipinski definition) is 7. The Kier molecular flexibility index (Phi) is 4.40. The van der Waals surface area contributed by atoms with Crippen LogP contribution in [0.4, 0.5) is 17.1 Å². The molecule has 3 heterocycles. The van der Waals surface area contributed by atoms with Crippen LogP contribution in [0, 0.1) is 10.1 Å². The first kappa shape index (κ1) is 20.1. The third-order valence-electron chi connectivity index (χ3n) is 6.00. The van der Waals surface area contributed by atoms with E-state index < -0.39 is 15.9 Å². The number of carbonyl (C=O) groups is 1. The van der Waals surface area contributed by atoms with Crippen LogP contribution in [0.5, 0.6) is 0 Å². The van der Waals surface area contributed by atoms with E-state index in [9.17, 15) is 14.9 Å². The number of carbonyl (C=O) groups excluding carboxylic acids is 1. The van der Waals surface area contributed by atoms with E-state index in [1.165, 1.54) is 17.8 Å². The van der Waals surface area contributed by atoms with Crippen molar-refractivity contribution in [2.75, 3.05) is 10.2 Å². The van der Waals surface area contributed by atoms with Crippen LogP contribution >= 0.6 is 23.4 Å². The van der Waals surface area contributed by atoms with Gasteiger partial charge in [0.05, 0.1) is 4.92 Å². The van der Waals surface area contributed by atoms with Gasteiger partial charge >= 0.3 is 0 Å². The lowest BCUT2D eigenvalue weighted by molar-refractivity contribution is -0.384. The number of thioether (sulfide) groups is 1. The highest BCUT2D eigenvalue weighted by atomic mass is 35.5. The zero-order valence-corrected chi connectivity index (χ0v) is 18.4. The van der Waals surface area contributed by atoms with Crippen molar-refractivity contribution in [3.63, 3.8) is 0 Å². The Labute approximate surface area is 197 Å². The van der Waals surface area contributed by atoms with Crippen molar-refractivity contribution in [2.45, 2.75) is 16.2 Å². The highest BCUT2D eigenvalue weighted by Crippen LogP contribution is 2.61. The average Bonchev–Trinajstić information content (AvgIpc) is 3.45. The minimum atomic E-state index is -1.26. The summed E-state index contributed by atoms with van der Waals surface area (Å²) in [6.07, 6.45) is -0.479. The van der Waals surface area contributed by atoms with Crippen LogP contribution in [-0.2, 0) is 14.5 Å². The Morgan fingerprint density at radius 3 is 2.61 bits per heavy atom. The van der Waals surface area contributed by atoms with Crippen LogP contribution in [0.1, 0.15) is 17.2 Å². The molecule has 33 heavy (non-hydrogen) atoms. The molecule has 0 radical (unpaired) electrons. The molecule has 164 valence electrons. The SMILES string of the molecule is O=C1Nc2ccccc2C12SC1C(=NOC1c1ccc(Cl)cc1)N2c1ccccc1[N+](=O)[O-]. The van der Waals surface area contributed by atoms with Crippen LogP contribution < -0.4 is 10.2 Å². The van der Waals surface area contributed by atoms with Gasteiger partial charge in [-0.25, -0.2) is 0 Å². The summed E-state index contributed by atoms with van der Waals surface area (Å²) in [4.78, 5) is 31.2. The van der Waals surface area contributed by atoms with Gasteiger partial charge in [0.25, 0.3) is 11.6 Å². The van der Waals surface area contributed by atoms with Gasteiger partial charge in [-0.2, -0.15) is 0 Å². The number of benzene rings is 3. The summed E-state index contributed by atoms with van der Waals surface area (Å²) in [6, 6.07) is 21.0. The molecule has 3 unspecified atom stereocenters. The number of oxime groups is 1. The topological polar surface area (TPSA) is 97.1 Å².